The Morgan fingerprint density at radius 2 is 2.26 bits per heavy atom. The molecule has 0 bridgehead atoms. The molecule has 1 aromatic rings. The summed E-state index contributed by atoms with van der Waals surface area (Å²) < 4.78 is 0. The molecule has 1 amide bonds. The Bertz CT molecular complexity index is 487. The molecule has 2 unspecified atom stereocenters. The van der Waals surface area contributed by atoms with E-state index in [2.05, 4.69) is 17.2 Å². The van der Waals surface area contributed by atoms with Gasteiger partial charge in [0.05, 0.1) is 0 Å². The molecule has 0 aliphatic heterocycles. The molecule has 102 valence electrons. The van der Waals surface area contributed by atoms with E-state index in [1.165, 1.54) is 31.2 Å². The summed E-state index contributed by atoms with van der Waals surface area (Å²) in [6.45, 7) is 2.86. The smallest absolute Gasteiger partial charge is 0.354 e. The van der Waals surface area contributed by atoms with Gasteiger partial charge < -0.3 is 10.4 Å². The van der Waals surface area contributed by atoms with E-state index < -0.39 is 5.97 Å². The molecule has 1 heterocycles. The van der Waals surface area contributed by atoms with Crippen molar-refractivity contribution in [3.05, 3.63) is 29.6 Å². The molecular weight excluding hydrogens is 244 g/mol. The van der Waals surface area contributed by atoms with Crippen molar-refractivity contribution in [2.24, 2.45) is 11.8 Å². The highest BCUT2D eigenvalue weighted by Crippen LogP contribution is 2.30. The zero-order valence-corrected chi connectivity index (χ0v) is 10.9. The van der Waals surface area contributed by atoms with E-state index in [9.17, 15) is 9.59 Å². The zero-order valence-electron chi connectivity index (χ0n) is 10.9. The van der Waals surface area contributed by atoms with Crippen LogP contribution in [0.5, 0.6) is 0 Å². The summed E-state index contributed by atoms with van der Waals surface area (Å²) in [5, 5.41) is 11.7. The van der Waals surface area contributed by atoms with Gasteiger partial charge in [-0.25, -0.2) is 9.78 Å². The van der Waals surface area contributed by atoms with Crippen molar-refractivity contribution in [2.45, 2.75) is 26.2 Å². The normalized spacial score (nSPS) is 22.2. The van der Waals surface area contributed by atoms with E-state index >= 15 is 0 Å². The minimum Gasteiger partial charge on any atom is -0.477 e. The van der Waals surface area contributed by atoms with Gasteiger partial charge in [-0.3, -0.25) is 4.79 Å². The van der Waals surface area contributed by atoms with Crippen LogP contribution in [0, 0.1) is 11.8 Å². The fourth-order valence-corrected chi connectivity index (χ4v) is 2.54. The first-order chi connectivity index (χ1) is 9.08. The second-order valence-corrected chi connectivity index (χ2v) is 5.11. The van der Waals surface area contributed by atoms with E-state index in [1.54, 1.807) is 0 Å². The van der Waals surface area contributed by atoms with Gasteiger partial charge in [0.15, 0.2) is 0 Å². The average molecular weight is 262 g/mol. The van der Waals surface area contributed by atoms with Gasteiger partial charge in [0.2, 0.25) is 0 Å². The minimum atomic E-state index is -1.13. The molecule has 19 heavy (non-hydrogen) atoms. The predicted octanol–water partition coefficient (Wildman–Crippen LogP) is 1.95. The van der Waals surface area contributed by atoms with Crippen LogP contribution in [0.4, 0.5) is 0 Å². The molecule has 2 rings (SSSR count). The lowest BCUT2D eigenvalue weighted by atomic mass is 9.98. The molecule has 2 atom stereocenters. The van der Waals surface area contributed by atoms with E-state index in [0.717, 1.165) is 6.42 Å². The maximum absolute atomic E-state index is 12.0. The van der Waals surface area contributed by atoms with Gasteiger partial charge in [-0.15, -0.1) is 0 Å². The lowest BCUT2D eigenvalue weighted by molar-refractivity contribution is 0.0690. The number of carbonyl (C=O) groups is 2. The van der Waals surface area contributed by atoms with E-state index in [0.29, 0.717) is 23.9 Å². The second kappa shape index (κ2) is 5.82. The molecule has 1 fully saturated rings. The topological polar surface area (TPSA) is 79.3 Å². The summed E-state index contributed by atoms with van der Waals surface area (Å²) in [7, 11) is 0. The van der Waals surface area contributed by atoms with E-state index in [1.807, 2.05) is 0 Å². The summed E-state index contributed by atoms with van der Waals surface area (Å²) in [4.78, 5) is 26.4. The van der Waals surface area contributed by atoms with Gasteiger partial charge in [0.1, 0.15) is 5.69 Å². The number of rotatable bonds is 4. The van der Waals surface area contributed by atoms with Crippen LogP contribution in [0.2, 0.25) is 0 Å². The number of amides is 1. The molecule has 5 heteroatoms. The Balaban J connectivity index is 1.96. The highest BCUT2D eigenvalue weighted by Gasteiger charge is 2.23. The van der Waals surface area contributed by atoms with Gasteiger partial charge in [0, 0.05) is 18.3 Å². The van der Waals surface area contributed by atoms with Crippen LogP contribution in [0.25, 0.3) is 0 Å². The summed E-state index contributed by atoms with van der Waals surface area (Å²) in [5.74, 6) is -0.180. The molecule has 1 aromatic heterocycles. The first kappa shape index (κ1) is 13.5. The Morgan fingerprint density at radius 1 is 1.47 bits per heavy atom. The summed E-state index contributed by atoms with van der Waals surface area (Å²) >= 11 is 0. The van der Waals surface area contributed by atoms with Crippen molar-refractivity contribution in [1.82, 2.24) is 10.3 Å². The Labute approximate surface area is 112 Å². The van der Waals surface area contributed by atoms with Gasteiger partial charge in [0.25, 0.3) is 5.91 Å². The molecular formula is C14H18N2O3. The van der Waals surface area contributed by atoms with Crippen LogP contribution in [-0.4, -0.2) is 28.5 Å². The molecule has 0 spiro atoms. The second-order valence-electron chi connectivity index (χ2n) is 5.11. The maximum Gasteiger partial charge on any atom is 0.354 e. The monoisotopic (exact) mass is 262 g/mol. The number of pyridine rings is 1. The van der Waals surface area contributed by atoms with Crippen molar-refractivity contribution in [2.75, 3.05) is 6.54 Å². The number of aromatic nitrogens is 1. The number of carboxylic acids is 1. The van der Waals surface area contributed by atoms with Crippen LogP contribution < -0.4 is 5.32 Å². The van der Waals surface area contributed by atoms with Gasteiger partial charge in [-0.2, -0.15) is 0 Å². The van der Waals surface area contributed by atoms with Crippen LogP contribution >= 0.6 is 0 Å². The number of nitrogens with one attached hydrogen (secondary N) is 1. The molecule has 1 aliphatic carbocycles. The molecule has 2 N–H and O–H groups in total. The van der Waals surface area contributed by atoms with Gasteiger partial charge in [-0.1, -0.05) is 19.8 Å². The highest BCUT2D eigenvalue weighted by atomic mass is 16.4. The van der Waals surface area contributed by atoms with Crippen molar-refractivity contribution < 1.29 is 14.7 Å². The summed E-state index contributed by atoms with van der Waals surface area (Å²) in [5.41, 5.74) is 0.236. The Morgan fingerprint density at radius 3 is 2.89 bits per heavy atom. The van der Waals surface area contributed by atoms with Crippen molar-refractivity contribution in [3.8, 4) is 0 Å². The SMILES string of the molecule is CC1CCCC1CNC(=O)c1ccnc(C(=O)O)c1. The zero-order chi connectivity index (χ0) is 13.8. The highest BCUT2D eigenvalue weighted by molar-refractivity contribution is 5.96. The van der Waals surface area contributed by atoms with Crippen LogP contribution in [0.1, 0.15) is 47.0 Å². The lowest BCUT2D eigenvalue weighted by Crippen LogP contribution is -2.30. The maximum atomic E-state index is 12.0. The van der Waals surface area contributed by atoms with Crippen molar-refractivity contribution in [3.63, 3.8) is 0 Å². The molecule has 0 radical (unpaired) electrons. The van der Waals surface area contributed by atoms with Crippen molar-refractivity contribution >= 4 is 11.9 Å². The van der Waals surface area contributed by atoms with Crippen molar-refractivity contribution in [1.29, 1.82) is 0 Å². The minimum absolute atomic E-state index is 0.109. The molecule has 1 aliphatic rings. The summed E-state index contributed by atoms with van der Waals surface area (Å²) in [6.07, 6.45) is 4.94. The van der Waals surface area contributed by atoms with Gasteiger partial charge in [-0.05, 0) is 30.4 Å². The van der Waals surface area contributed by atoms with E-state index in [4.69, 9.17) is 5.11 Å². The molecule has 5 nitrogen and oxygen atoms in total. The number of carboxylic acid groups (broad SMARTS) is 1. The van der Waals surface area contributed by atoms with E-state index in [-0.39, 0.29) is 11.6 Å². The molecule has 1 saturated carbocycles. The quantitative estimate of drug-likeness (QED) is 0.869. The number of carbonyl (C=O) groups excluding carboxylic acids is 1. The molecule has 0 saturated heterocycles. The fraction of sp³-hybridized carbons (Fsp3) is 0.500. The van der Waals surface area contributed by atoms with Crippen LogP contribution in [0.15, 0.2) is 18.3 Å². The standard InChI is InChI=1S/C14H18N2O3/c1-9-3-2-4-11(9)8-16-13(17)10-5-6-15-12(7-10)14(18)19/h5-7,9,11H,2-4,8H2,1H3,(H,16,17)(H,18,19). The van der Waals surface area contributed by atoms with Gasteiger partial charge >= 0.3 is 5.97 Å². The lowest BCUT2D eigenvalue weighted by Gasteiger charge is -2.15. The average Bonchev–Trinajstić information content (AvgIpc) is 2.81. The third kappa shape index (κ3) is 3.30. The Hall–Kier alpha value is -1.91. The van der Waals surface area contributed by atoms with Crippen LogP contribution in [0.3, 0.4) is 0 Å². The first-order valence-corrected chi connectivity index (χ1v) is 6.55. The molecule has 0 aromatic carbocycles. The largest absolute Gasteiger partial charge is 0.477 e. The third-order valence-electron chi connectivity index (χ3n) is 3.81. The first-order valence-electron chi connectivity index (χ1n) is 6.55. The third-order valence-corrected chi connectivity index (χ3v) is 3.81. The summed E-state index contributed by atoms with van der Waals surface area (Å²) in [6, 6.07) is 2.83. The number of hydrogen-bond donors (Lipinski definition) is 2. The predicted molar refractivity (Wildman–Crippen MR) is 70.0 cm³/mol. The number of hydrogen-bond acceptors (Lipinski definition) is 3. The van der Waals surface area contributed by atoms with Crippen LogP contribution in [-0.2, 0) is 0 Å². The number of aromatic carboxylic acids is 1. The fourth-order valence-electron chi connectivity index (χ4n) is 2.54. The number of nitrogens with zero attached hydrogens (tertiary/aromatic N) is 1. The Kier molecular flexibility index (Phi) is 4.14.